The van der Waals surface area contributed by atoms with E-state index in [0.717, 1.165) is 26.2 Å². The van der Waals surface area contributed by atoms with E-state index >= 15 is 0 Å². The predicted octanol–water partition coefficient (Wildman–Crippen LogP) is 3.42. The van der Waals surface area contributed by atoms with E-state index in [4.69, 9.17) is 0 Å². The van der Waals surface area contributed by atoms with Crippen molar-refractivity contribution in [2.24, 2.45) is 10.2 Å². The van der Waals surface area contributed by atoms with Gasteiger partial charge in [0.1, 0.15) is 0 Å². The van der Waals surface area contributed by atoms with E-state index in [2.05, 4.69) is 55.3 Å². The molecule has 2 saturated heterocycles. The van der Waals surface area contributed by atoms with Crippen LogP contribution in [0, 0.1) is 0 Å². The van der Waals surface area contributed by atoms with Crippen LogP contribution in [-0.2, 0) is 58.6 Å². The first-order valence-electron chi connectivity index (χ1n) is 13.0. The van der Waals surface area contributed by atoms with Gasteiger partial charge in [-0.1, -0.05) is 72.9 Å². The number of para-hydroxylation sites is 2. The average Bonchev–Trinajstić information content (AvgIpc) is 2.96. The monoisotopic (exact) mass is 678 g/mol. The van der Waals surface area contributed by atoms with E-state index in [-0.39, 0.29) is 45.6 Å². The van der Waals surface area contributed by atoms with Gasteiger partial charge in [0, 0.05) is 37.6 Å². The van der Waals surface area contributed by atoms with E-state index < -0.39 is 0 Å². The summed E-state index contributed by atoms with van der Waals surface area (Å²) in [5.74, 6) is -0.0599. The Morgan fingerprint density at radius 1 is 0.625 bits per heavy atom. The zero-order chi connectivity index (χ0) is 27.3. The van der Waals surface area contributed by atoms with E-state index in [0.29, 0.717) is 32.8 Å². The van der Waals surface area contributed by atoms with Gasteiger partial charge >= 0.3 is 34.1 Å². The minimum atomic E-state index is -0.0300. The van der Waals surface area contributed by atoms with Gasteiger partial charge in [0.15, 0.2) is 34.7 Å². The predicted molar refractivity (Wildman–Crippen MR) is 161 cm³/mol. The van der Waals surface area contributed by atoms with Crippen LogP contribution in [0.15, 0.2) is 58.7 Å². The Labute approximate surface area is 269 Å². The number of hydrogen-bond acceptors (Lipinski definition) is 4. The van der Waals surface area contributed by atoms with Crippen LogP contribution in [0.5, 0.6) is 11.5 Å². The molecule has 8 nitrogen and oxygen atoms in total. The van der Waals surface area contributed by atoms with Crippen molar-refractivity contribution >= 4 is 46.1 Å². The topological polar surface area (TPSA) is 106 Å². The van der Waals surface area contributed by atoms with Gasteiger partial charge in [0.25, 0.3) is 0 Å². The maximum atomic E-state index is 11.6. The van der Waals surface area contributed by atoms with Crippen LogP contribution in [0.4, 0.5) is 0 Å². The number of rotatable bonds is 4. The normalized spacial score (nSPS) is 16.4. The summed E-state index contributed by atoms with van der Waals surface area (Å²) in [4.78, 5) is 4.24. The molecule has 2 aromatic rings. The number of nitrogens with zero attached hydrogens (tertiary/aromatic N) is 6. The molecule has 0 aromatic heterocycles. The second-order valence-corrected chi connectivity index (χ2v) is 10.1. The first-order chi connectivity index (χ1) is 18.4. The molecule has 2 radical (unpaired) electrons. The van der Waals surface area contributed by atoms with Crippen molar-refractivity contribution in [2.45, 2.75) is 52.4 Å². The summed E-state index contributed by atoms with van der Waals surface area (Å²) in [7, 11) is 0. The molecule has 222 valence electrons. The van der Waals surface area contributed by atoms with Crippen molar-refractivity contribution in [3.8, 4) is 11.5 Å². The molecular formula is C28H36Cu2N6O2S2+2. The summed E-state index contributed by atoms with van der Waals surface area (Å²) in [6, 6.07) is 13.7. The van der Waals surface area contributed by atoms with Crippen LogP contribution < -0.4 is 10.2 Å². The molecule has 0 atom stereocenters. The molecule has 2 fully saturated rings. The van der Waals surface area contributed by atoms with E-state index in [1.807, 2.05) is 12.1 Å². The van der Waals surface area contributed by atoms with E-state index in [1.54, 1.807) is 38.1 Å². The van der Waals surface area contributed by atoms with Crippen LogP contribution >= 0.6 is 0 Å². The molecule has 0 amide bonds. The summed E-state index contributed by atoms with van der Waals surface area (Å²) < 4.78 is 0. The molecule has 0 saturated carbocycles. The van der Waals surface area contributed by atoms with Crippen molar-refractivity contribution in [1.29, 1.82) is 0 Å². The number of thiol groups is 2. The molecule has 0 bridgehead atoms. The Morgan fingerprint density at radius 3 is 1.27 bits per heavy atom. The molecule has 2 aliphatic heterocycles. The summed E-state index contributed by atoms with van der Waals surface area (Å²) in [6.07, 6.45) is 7.22. The van der Waals surface area contributed by atoms with Crippen molar-refractivity contribution in [2.75, 3.05) is 26.2 Å². The molecule has 2 aliphatic rings. The molecule has 40 heavy (non-hydrogen) atoms. The van der Waals surface area contributed by atoms with Gasteiger partial charge in [0.2, 0.25) is 0 Å². The number of hydrogen-bond donors (Lipinski definition) is 0. The number of likely N-dealkylation sites (tertiary alicyclic amines) is 2. The molecule has 0 unspecified atom stereocenters. The fourth-order valence-corrected chi connectivity index (χ4v) is 4.68. The Kier molecular flexibility index (Phi) is 17.4. The molecule has 12 heteroatoms. The smallest absolute Gasteiger partial charge is 0.872 e. The summed E-state index contributed by atoms with van der Waals surface area (Å²) in [6.45, 7) is 7.50. The van der Waals surface area contributed by atoms with Crippen molar-refractivity contribution < 1.29 is 44.4 Å². The molecule has 2 heterocycles. The molecule has 0 spiro atoms. The van der Waals surface area contributed by atoms with Crippen LogP contribution in [0.25, 0.3) is 10.9 Å². The van der Waals surface area contributed by atoms with Crippen molar-refractivity contribution in [3.05, 3.63) is 70.5 Å². The second-order valence-electron chi connectivity index (χ2n) is 9.26. The summed E-state index contributed by atoms with van der Waals surface area (Å²) >= 11 is 8.75. The van der Waals surface area contributed by atoms with Gasteiger partial charge in [-0.25, -0.2) is 9.80 Å². The third kappa shape index (κ3) is 11.5. The van der Waals surface area contributed by atoms with Gasteiger partial charge in [-0.15, -0.1) is 0 Å². The second kappa shape index (κ2) is 19.3. The summed E-state index contributed by atoms with van der Waals surface area (Å²) in [5, 5.41) is 32.8. The average molecular weight is 680 g/mol. The fraction of sp³-hybridized carbons (Fsp3) is 0.429. The summed E-state index contributed by atoms with van der Waals surface area (Å²) in [5.41, 5.74) is 10.7. The Bertz CT molecular complexity index is 1060. The van der Waals surface area contributed by atoms with Crippen LogP contribution in [0.2, 0.25) is 0 Å². The first kappa shape index (κ1) is 36.1. The van der Waals surface area contributed by atoms with Gasteiger partial charge < -0.3 is 31.3 Å². The van der Waals surface area contributed by atoms with E-state index in [1.165, 1.54) is 50.7 Å². The largest absolute Gasteiger partial charge is 2.00 e. The van der Waals surface area contributed by atoms with Crippen LogP contribution in [0.3, 0.4) is 0 Å². The zero-order valence-electron chi connectivity index (χ0n) is 22.7. The third-order valence-corrected chi connectivity index (χ3v) is 7.15. The fourth-order valence-electron chi connectivity index (χ4n) is 4.19. The van der Waals surface area contributed by atoms with Crippen molar-refractivity contribution in [1.82, 2.24) is 9.80 Å². The SMILES string of the molecule is CC(=N[N-]C(=[SH+])N1CCCCC1)c1ccccc1[O-].CC(=N[N-]C(=[SH+])N1CCCCC1)c1ccccc1[O-].[Cu+2].[Cu+2]. The molecule has 2 aromatic carbocycles. The van der Waals surface area contributed by atoms with Gasteiger partial charge in [-0.3, -0.25) is 0 Å². The molecule has 4 rings (SSSR count). The minimum Gasteiger partial charge on any atom is -0.872 e. The maximum absolute atomic E-state index is 11.6. The molecule has 0 aliphatic carbocycles. The zero-order valence-corrected chi connectivity index (χ0v) is 26.4. The minimum absolute atomic E-state index is 0. The van der Waals surface area contributed by atoms with Gasteiger partial charge in [-0.05, 0) is 50.7 Å². The quantitative estimate of drug-likeness (QED) is 0.123. The maximum Gasteiger partial charge on any atom is 2.00 e. The van der Waals surface area contributed by atoms with E-state index in [9.17, 15) is 10.2 Å². The Morgan fingerprint density at radius 2 is 0.950 bits per heavy atom. The molecular weight excluding hydrogens is 644 g/mol. The van der Waals surface area contributed by atoms with Gasteiger partial charge in [0.05, 0.1) is 0 Å². The molecule has 0 N–H and O–H groups in total. The number of piperidine rings is 2. The van der Waals surface area contributed by atoms with Gasteiger partial charge in [-0.2, -0.15) is 0 Å². The Hall–Kier alpha value is -1.88. The first-order valence-corrected chi connectivity index (χ1v) is 13.9. The number of benzene rings is 2. The van der Waals surface area contributed by atoms with Crippen LogP contribution in [-0.4, -0.2) is 57.6 Å². The van der Waals surface area contributed by atoms with Crippen LogP contribution in [0.1, 0.15) is 63.5 Å². The third-order valence-electron chi connectivity index (χ3n) is 6.41. The Balaban J connectivity index is 0.000000381. The van der Waals surface area contributed by atoms with Crippen molar-refractivity contribution in [3.63, 3.8) is 0 Å². The standard InChI is InChI=1S/2C14H19N3OS.2Cu/c2*1-11(12-7-3-4-8-13(12)18)15-16-14(19)17-9-5-2-6-10-17;;/h2*3-4,7-8H,2,5-6,9-10H2,1H3,(H2,15,16,18,19);;/q;;2*+2/p-2.